The van der Waals surface area contributed by atoms with Crippen LogP contribution in [0.5, 0.6) is 0 Å². The Balaban J connectivity index is 1.37. The van der Waals surface area contributed by atoms with Crippen LogP contribution in [0.1, 0.15) is 124 Å². The van der Waals surface area contributed by atoms with Crippen molar-refractivity contribution in [3.63, 3.8) is 0 Å². The first kappa shape index (κ1) is 64.1. The van der Waals surface area contributed by atoms with Gasteiger partial charge in [-0.3, -0.25) is 13.8 Å². The van der Waals surface area contributed by atoms with E-state index in [0.29, 0.717) is 43.3 Å². The lowest BCUT2D eigenvalue weighted by molar-refractivity contribution is -0.316. The zero-order valence-electron chi connectivity index (χ0n) is 47.4. The van der Waals surface area contributed by atoms with Crippen LogP contribution in [0, 0.1) is 23.7 Å². The molecule has 0 bridgehead atoms. The van der Waals surface area contributed by atoms with Gasteiger partial charge in [-0.05, 0) is 119 Å². The largest absolute Gasteiger partial charge is 0.477 e. The van der Waals surface area contributed by atoms with Gasteiger partial charge in [-0.15, -0.1) is 0 Å². The van der Waals surface area contributed by atoms with Crippen LogP contribution >= 0.6 is 0 Å². The van der Waals surface area contributed by atoms with Gasteiger partial charge >= 0.3 is 11.9 Å². The molecule has 0 spiro atoms. The maximum atomic E-state index is 14.5. The molecule has 1 aromatic carbocycles. The first-order chi connectivity index (χ1) is 35.9. The molecule has 77 heavy (non-hydrogen) atoms. The number of hydrogen-bond donors (Lipinski definition) is 7. The highest BCUT2D eigenvalue weighted by Gasteiger charge is 2.54. The summed E-state index contributed by atoms with van der Waals surface area (Å²) in [6, 6.07) is 4.98. The second kappa shape index (κ2) is 26.3. The molecule has 438 valence electrons. The molecular weight excluding hydrogens is 1020 g/mol. The normalized spacial score (nSPS) is 37.7. The summed E-state index contributed by atoms with van der Waals surface area (Å²) in [6.07, 6.45) is -8.86. The number of aryl methyl sites for hydroxylation is 2. The number of esters is 1. The van der Waals surface area contributed by atoms with Gasteiger partial charge in [0.15, 0.2) is 12.6 Å². The number of likely N-dealkylation sites (N-methyl/N-ethyl adjacent to an activating group) is 1. The highest BCUT2D eigenvalue weighted by Crippen LogP contribution is 2.42. The predicted molar refractivity (Wildman–Crippen MR) is 285 cm³/mol. The number of aliphatic hydroxyl groups is 4. The fraction of sp³-hybridized carbons (Fsp3) is 0.778. The van der Waals surface area contributed by atoms with Crippen LogP contribution < -0.4 is 10.7 Å². The molecule has 0 radical (unpaired) electrons. The van der Waals surface area contributed by atoms with Crippen LogP contribution in [0.3, 0.4) is 0 Å². The van der Waals surface area contributed by atoms with E-state index in [4.69, 9.17) is 32.6 Å². The third-order valence-corrected chi connectivity index (χ3v) is 17.5. The van der Waals surface area contributed by atoms with E-state index >= 15 is 0 Å². The summed E-state index contributed by atoms with van der Waals surface area (Å²) in [5, 5.41) is 75.0. The molecule has 23 heteroatoms. The van der Waals surface area contributed by atoms with Gasteiger partial charge in [0.25, 0.3) is 10.1 Å². The number of pyridine rings is 1. The van der Waals surface area contributed by atoms with Gasteiger partial charge in [0.05, 0.1) is 64.6 Å². The summed E-state index contributed by atoms with van der Waals surface area (Å²) in [5.74, 6) is -6.44. The molecule has 7 N–H and O–H groups in total. The molecule has 3 fully saturated rings. The van der Waals surface area contributed by atoms with Crippen molar-refractivity contribution < 1.29 is 81.4 Å². The third kappa shape index (κ3) is 14.8. The van der Waals surface area contributed by atoms with Crippen LogP contribution in [-0.4, -0.2) is 191 Å². The van der Waals surface area contributed by atoms with Crippen molar-refractivity contribution in [3.05, 3.63) is 45.7 Å². The van der Waals surface area contributed by atoms with Gasteiger partial charge in [0.2, 0.25) is 5.43 Å². The summed E-state index contributed by atoms with van der Waals surface area (Å²) in [6.45, 7) is 18.9. The Morgan fingerprint density at radius 1 is 0.961 bits per heavy atom. The smallest absolute Gasteiger partial charge is 0.341 e. The summed E-state index contributed by atoms with van der Waals surface area (Å²) < 4.78 is 73.1. The Kier molecular flexibility index (Phi) is 21.9. The minimum Gasteiger partial charge on any atom is -0.477 e. The number of aliphatic hydroxyl groups excluding tert-OH is 2. The van der Waals surface area contributed by atoms with Gasteiger partial charge < -0.3 is 73.9 Å². The lowest BCUT2D eigenvalue weighted by Crippen LogP contribution is -2.61. The average molecular weight is 1110 g/mol. The number of carboxylic acids is 1. The van der Waals surface area contributed by atoms with Gasteiger partial charge in [-0.1, -0.05) is 38.9 Å². The maximum absolute atomic E-state index is 14.5. The second-order valence-electron chi connectivity index (χ2n) is 22.6. The molecular formula is C54H88N4O18S. The zero-order chi connectivity index (χ0) is 57.7. The second-order valence-corrected chi connectivity index (χ2v) is 24.3. The lowest BCUT2D eigenvalue weighted by atomic mass is 9.73. The van der Waals surface area contributed by atoms with Crippen LogP contribution in [0.25, 0.3) is 10.9 Å². The number of carboxylic acid groups (broad SMARTS) is 1. The Hall–Kier alpha value is -3.69. The van der Waals surface area contributed by atoms with E-state index in [1.54, 1.807) is 65.2 Å². The highest BCUT2D eigenvalue weighted by atomic mass is 32.2. The molecule has 0 aliphatic carbocycles. The standard InChI is InChI=1S/C54H88N4O18S/c1-15-40-54(11,66)46(61)31(5)42(56-67)29(3)26-52(9,65)47(75-51-44(60)39(57(12)13)24-30(4)71-51)32(6)45(33(7)50(64)73-40)74-41-27-53(10,70-14)48(34(8)72-41)76-77(68,69)23-22-55-21-17-18-35-19-20-38-36(25-35)43(59)37(49(62)63)28-58(38)16-2/h19-20,25,28-34,39-41,44-48,51,55,60-61,65-67H,15-18,21-24,26-27H2,1-14H3,(H,62,63)/b56-42+/t29-,30-,31-,32+,33-,34+,39+,40-,41+,44-,45+,46-,47-,48+,51+,52-,53-,54-/m1/s1. The van der Waals surface area contributed by atoms with Crippen LogP contribution in [0.4, 0.5) is 0 Å². The number of rotatable bonds is 18. The van der Waals surface area contributed by atoms with E-state index in [-0.39, 0.29) is 43.2 Å². The van der Waals surface area contributed by atoms with E-state index < -0.39 is 135 Å². The number of carbonyl (C=O) groups excluding carboxylic acids is 1. The number of nitrogens with one attached hydrogen (secondary N) is 1. The van der Waals surface area contributed by atoms with Crippen molar-refractivity contribution in [2.45, 2.75) is 205 Å². The van der Waals surface area contributed by atoms with E-state index in [9.17, 15) is 53.5 Å². The number of benzene rings is 1. The number of carbonyl (C=O) groups is 2. The molecule has 0 amide bonds. The van der Waals surface area contributed by atoms with Crippen LogP contribution in [-0.2, 0) is 60.5 Å². The molecule has 1 aromatic heterocycles. The minimum atomic E-state index is -4.22. The van der Waals surface area contributed by atoms with Crippen molar-refractivity contribution in [1.29, 1.82) is 0 Å². The fourth-order valence-corrected chi connectivity index (χ4v) is 12.9. The summed E-state index contributed by atoms with van der Waals surface area (Å²) >= 11 is 0. The van der Waals surface area contributed by atoms with Crippen molar-refractivity contribution in [2.75, 3.05) is 40.0 Å². The first-order valence-corrected chi connectivity index (χ1v) is 28.5. The number of aromatic nitrogens is 1. The van der Waals surface area contributed by atoms with Crippen molar-refractivity contribution >= 4 is 38.7 Å². The number of ether oxygens (including phenoxy) is 6. The monoisotopic (exact) mass is 1110 g/mol. The molecule has 18 atom stereocenters. The number of hydrogen-bond acceptors (Lipinski definition) is 20. The molecule has 22 nitrogen and oxygen atoms in total. The van der Waals surface area contributed by atoms with E-state index in [1.807, 2.05) is 38.9 Å². The quantitative estimate of drug-likeness (QED) is 0.0368. The highest BCUT2D eigenvalue weighted by molar-refractivity contribution is 7.86. The van der Waals surface area contributed by atoms with Gasteiger partial charge in [-0.2, -0.15) is 8.42 Å². The molecule has 0 saturated carbocycles. The van der Waals surface area contributed by atoms with Gasteiger partial charge in [0, 0.05) is 62.0 Å². The number of fused-ring (bicyclic) bond motifs is 1. The lowest BCUT2D eigenvalue weighted by Gasteiger charge is -2.49. The molecule has 3 saturated heterocycles. The number of nitrogens with zero attached hydrogens (tertiary/aromatic N) is 3. The Labute approximate surface area is 453 Å². The molecule has 4 heterocycles. The number of oxime groups is 1. The molecule has 2 aromatic rings. The zero-order valence-corrected chi connectivity index (χ0v) is 48.2. The van der Waals surface area contributed by atoms with Crippen LogP contribution in [0.15, 0.2) is 34.3 Å². The summed E-state index contributed by atoms with van der Waals surface area (Å²) in [7, 11) is 0.831. The molecule has 0 unspecified atom stereocenters. The minimum absolute atomic E-state index is 0.0397. The Morgan fingerprint density at radius 2 is 1.64 bits per heavy atom. The van der Waals surface area contributed by atoms with Crippen LogP contribution in [0.2, 0.25) is 0 Å². The first-order valence-electron chi connectivity index (χ1n) is 27.0. The molecule has 3 aliphatic heterocycles. The third-order valence-electron chi connectivity index (χ3n) is 16.2. The van der Waals surface area contributed by atoms with Crippen molar-refractivity contribution in [1.82, 2.24) is 14.8 Å². The average Bonchev–Trinajstić information content (AvgIpc) is 3.36. The van der Waals surface area contributed by atoms with E-state index in [0.717, 1.165) is 5.56 Å². The number of cyclic esters (lactones) is 1. The van der Waals surface area contributed by atoms with Gasteiger partial charge in [0.1, 0.15) is 29.5 Å². The Bertz CT molecular complexity index is 2520. The topological polar surface area (TPSA) is 304 Å². The summed E-state index contributed by atoms with van der Waals surface area (Å²) in [4.78, 5) is 41.1. The number of methoxy groups -OCH3 is 1. The molecule has 5 rings (SSSR count). The van der Waals surface area contributed by atoms with Crippen molar-refractivity contribution in [2.24, 2.45) is 28.8 Å². The summed E-state index contributed by atoms with van der Waals surface area (Å²) in [5.41, 5.74) is -4.65. The predicted octanol–water partition coefficient (Wildman–Crippen LogP) is 3.66. The van der Waals surface area contributed by atoms with E-state index in [1.165, 1.54) is 27.2 Å². The number of aromatic carboxylic acids is 1. The maximum Gasteiger partial charge on any atom is 0.341 e. The SMILES string of the molecule is CC[C@H]1OC(=O)[C@H](C)[C@@H](O[C@H]2C[C@@](C)(OC)[C@@H](OS(=O)(=O)CCNCCCc3ccc4c(c3)c(=O)c(C(=O)O)cn4CC)[C@H](C)O2)[C@H](C)[C@@H](O[C@@H]2O[C@H](C)C[C@H](N(C)C)[C@H]2O)[C@](C)(O)C[C@@H](C)/C(=N\O)[C@@H](C)[C@@H](O)[C@]1(C)O. The Morgan fingerprint density at radius 3 is 2.23 bits per heavy atom. The fourth-order valence-electron chi connectivity index (χ4n) is 11.7. The van der Waals surface area contributed by atoms with E-state index in [2.05, 4.69) is 10.5 Å². The van der Waals surface area contributed by atoms with Gasteiger partial charge in [-0.25, -0.2) is 4.79 Å². The van der Waals surface area contributed by atoms with Crippen molar-refractivity contribution in [3.8, 4) is 0 Å². The molecule has 3 aliphatic rings.